The van der Waals surface area contributed by atoms with Gasteiger partial charge in [-0.2, -0.15) is 0 Å². The number of carbonyl (C=O) groups excluding carboxylic acids is 1. The summed E-state index contributed by atoms with van der Waals surface area (Å²) in [6.07, 6.45) is 4.79. The van der Waals surface area contributed by atoms with Crippen molar-refractivity contribution >= 4 is 33.0 Å². The van der Waals surface area contributed by atoms with Crippen molar-refractivity contribution in [2.24, 2.45) is 0 Å². The topological polar surface area (TPSA) is 79.7 Å². The van der Waals surface area contributed by atoms with Crippen molar-refractivity contribution in [2.45, 2.75) is 42.9 Å². The number of nitrogens with one attached hydrogen (secondary N) is 3. The third kappa shape index (κ3) is 5.33. The van der Waals surface area contributed by atoms with Gasteiger partial charge in [-0.1, -0.05) is 18.2 Å². The third-order valence-electron chi connectivity index (χ3n) is 5.22. The number of sulfonamides is 1. The van der Waals surface area contributed by atoms with Crippen LogP contribution in [0.2, 0.25) is 0 Å². The molecule has 1 unspecified atom stereocenters. The number of rotatable bonds is 8. The lowest BCUT2D eigenvalue weighted by Gasteiger charge is -2.30. The van der Waals surface area contributed by atoms with Gasteiger partial charge in [0.05, 0.1) is 30.4 Å². The molecule has 1 fully saturated rings. The minimum Gasteiger partial charge on any atom is -0.352 e. The molecule has 0 aliphatic carbocycles. The number of quaternary nitrogens is 1. The van der Waals surface area contributed by atoms with Gasteiger partial charge in [0.25, 0.3) is 15.9 Å². The smallest absolute Gasteiger partial charge is 0.271 e. The molecule has 1 aromatic carbocycles. The van der Waals surface area contributed by atoms with E-state index in [0.29, 0.717) is 23.8 Å². The molecule has 1 aliphatic rings. The van der Waals surface area contributed by atoms with E-state index >= 15 is 0 Å². The highest BCUT2D eigenvalue weighted by molar-refractivity contribution is 7.94. The first-order chi connectivity index (χ1) is 13.5. The zero-order chi connectivity index (χ0) is 20.0. The Morgan fingerprint density at radius 2 is 2.04 bits per heavy atom. The van der Waals surface area contributed by atoms with E-state index in [9.17, 15) is 13.2 Å². The molecule has 152 valence electrons. The van der Waals surface area contributed by atoms with Crippen LogP contribution in [-0.2, 0) is 10.0 Å². The highest BCUT2D eigenvalue weighted by Gasteiger charge is 2.22. The summed E-state index contributed by atoms with van der Waals surface area (Å²) in [5.74, 6) is -0.258. The van der Waals surface area contributed by atoms with Crippen molar-refractivity contribution in [2.75, 3.05) is 24.4 Å². The second-order valence-corrected chi connectivity index (χ2v) is 10.1. The number of likely N-dealkylation sites (tertiary alicyclic amines) is 1. The molecule has 0 spiro atoms. The van der Waals surface area contributed by atoms with Gasteiger partial charge in [0.2, 0.25) is 0 Å². The number of anilines is 1. The van der Waals surface area contributed by atoms with Gasteiger partial charge < -0.3 is 10.2 Å². The summed E-state index contributed by atoms with van der Waals surface area (Å²) in [6.45, 7) is 5.14. The quantitative estimate of drug-likeness (QED) is 0.570. The van der Waals surface area contributed by atoms with Crippen molar-refractivity contribution in [1.82, 2.24) is 5.32 Å². The third-order valence-corrected chi connectivity index (χ3v) is 7.98. The van der Waals surface area contributed by atoms with Crippen molar-refractivity contribution in [3.8, 4) is 0 Å². The Balaban J connectivity index is 1.57. The van der Waals surface area contributed by atoms with Gasteiger partial charge in [0.1, 0.15) is 4.21 Å². The molecule has 0 saturated carbocycles. The van der Waals surface area contributed by atoms with Gasteiger partial charge in [-0.3, -0.25) is 9.52 Å². The van der Waals surface area contributed by atoms with E-state index < -0.39 is 10.0 Å². The molecule has 3 N–H and O–H groups in total. The van der Waals surface area contributed by atoms with E-state index in [0.717, 1.165) is 24.3 Å². The van der Waals surface area contributed by atoms with Crippen molar-refractivity contribution < 1.29 is 18.1 Å². The molecular weight excluding hydrogens is 394 g/mol. The zero-order valence-electron chi connectivity index (χ0n) is 16.1. The Bertz CT molecular complexity index is 882. The monoisotopic (exact) mass is 422 g/mol. The van der Waals surface area contributed by atoms with Crippen molar-refractivity contribution in [3.05, 3.63) is 47.3 Å². The van der Waals surface area contributed by atoms with Crippen LogP contribution in [0.4, 0.5) is 5.69 Å². The van der Waals surface area contributed by atoms with Crippen LogP contribution in [0.1, 0.15) is 43.0 Å². The maximum absolute atomic E-state index is 12.6. The Morgan fingerprint density at radius 1 is 1.21 bits per heavy atom. The standard InChI is InChI=1S/C20H27N3O3S2/c1-16-8-4-5-13-23(16)14-7-12-21-20(24)17-9-2-3-10-18(17)22-28(25,26)19-11-6-15-27-19/h2-3,6,9-11,15-16,22H,4-5,7-8,12-14H2,1H3,(H,21,24)/p+1/t16-/m1/s1. The number of benzene rings is 1. The van der Waals surface area contributed by atoms with Crippen molar-refractivity contribution in [3.63, 3.8) is 0 Å². The number of hydrogen-bond donors (Lipinski definition) is 3. The molecule has 1 aromatic heterocycles. The highest BCUT2D eigenvalue weighted by atomic mass is 32.2. The van der Waals surface area contributed by atoms with E-state index in [-0.39, 0.29) is 10.1 Å². The van der Waals surface area contributed by atoms with Crippen LogP contribution in [0.5, 0.6) is 0 Å². The largest absolute Gasteiger partial charge is 0.352 e. The van der Waals surface area contributed by atoms with Crippen LogP contribution in [0.25, 0.3) is 0 Å². The average molecular weight is 423 g/mol. The van der Waals surface area contributed by atoms with Crippen LogP contribution in [0.15, 0.2) is 46.0 Å². The SMILES string of the molecule is C[C@@H]1CCCC[NH+]1CCCNC(=O)c1ccccc1NS(=O)(=O)c1cccs1. The molecule has 0 radical (unpaired) electrons. The number of carbonyl (C=O) groups is 1. The second kappa shape index (κ2) is 9.54. The average Bonchev–Trinajstić information content (AvgIpc) is 3.22. The molecular formula is C20H28N3O3S2+. The van der Waals surface area contributed by atoms with Crippen molar-refractivity contribution in [1.29, 1.82) is 0 Å². The molecule has 2 atom stereocenters. The lowest BCUT2D eigenvalue weighted by atomic mass is 10.0. The summed E-state index contributed by atoms with van der Waals surface area (Å²) in [4.78, 5) is 14.2. The maximum atomic E-state index is 12.6. The zero-order valence-corrected chi connectivity index (χ0v) is 17.7. The molecule has 6 nitrogen and oxygen atoms in total. The van der Waals surface area contributed by atoms with E-state index in [4.69, 9.17) is 0 Å². The minimum atomic E-state index is -3.69. The molecule has 1 aliphatic heterocycles. The van der Waals surface area contributed by atoms with Crippen LogP contribution in [-0.4, -0.2) is 40.0 Å². The Labute approximate surface area is 171 Å². The fraction of sp³-hybridized carbons (Fsp3) is 0.450. The normalized spacial score (nSPS) is 19.9. The number of hydrogen-bond acceptors (Lipinski definition) is 4. The van der Waals surface area contributed by atoms with Gasteiger partial charge >= 0.3 is 0 Å². The summed E-state index contributed by atoms with van der Waals surface area (Å²) in [7, 11) is -3.69. The molecule has 2 heterocycles. The van der Waals surface area contributed by atoms with Gasteiger partial charge in [-0.05, 0) is 49.8 Å². The van der Waals surface area contributed by atoms with Crippen LogP contribution in [0.3, 0.4) is 0 Å². The molecule has 1 amide bonds. The van der Waals surface area contributed by atoms with Crippen LogP contribution < -0.4 is 14.9 Å². The molecule has 8 heteroatoms. The first-order valence-electron chi connectivity index (χ1n) is 9.75. The van der Waals surface area contributed by atoms with Gasteiger partial charge in [0, 0.05) is 13.0 Å². The Morgan fingerprint density at radius 3 is 2.79 bits per heavy atom. The van der Waals surface area contributed by atoms with Gasteiger partial charge in [0.15, 0.2) is 0 Å². The van der Waals surface area contributed by atoms with E-state index in [2.05, 4.69) is 17.0 Å². The molecule has 0 bridgehead atoms. The van der Waals surface area contributed by atoms with Crippen LogP contribution in [0, 0.1) is 0 Å². The fourth-order valence-corrected chi connectivity index (χ4v) is 5.69. The number of piperidine rings is 1. The summed E-state index contributed by atoms with van der Waals surface area (Å²) >= 11 is 1.14. The van der Waals surface area contributed by atoms with Gasteiger partial charge in [-0.15, -0.1) is 11.3 Å². The highest BCUT2D eigenvalue weighted by Crippen LogP contribution is 2.22. The van der Waals surface area contributed by atoms with E-state index in [1.54, 1.807) is 46.7 Å². The Hall–Kier alpha value is -1.90. The van der Waals surface area contributed by atoms with Crippen LogP contribution >= 0.6 is 11.3 Å². The molecule has 28 heavy (non-hydrogen) atoms. The molecule has 1 saturated heterocycles. The first kappa shape index (κ1) is 20.8. The Kier molecular flexibility index (Phi) is 7.09. The summed E-state index contributed by atoms with van der Waals surface area (Å²) in [5, 5.41) is 4.64. The first-order valence-corrected chi connectivity index (χ1v) is 12.1. The predicted molar refractivity (Wildman–Crippen MR) is 113 cm³/mol. The number of amides is 1. The number of para-hydroxylation sites is 1. The lowest BCUT2D eigenvalue weighted by molar-refractivity contribution is -0.928. The molecule has 2 aromatic rings. The number of thiophene rings is 1. The van der Waals surface area contributed by atoms with Gasteiger partial charge in [-0.25, -0.2) is 8.42 Å². The fourth-order valence-electron chi connectivity index (χ4n) is 3.62. The molecule has 3 rings (SSSR count). The summed E-state index contributed by atoms with van der Waals surface area (Å²) in [5.41, 5.74) is 0.630. The maximum Gasteiger partial charge on any atom is 0.271 e. The van der Waals surface area contributed by atoms with E-state index in [1.165, 1.54) is 25.8 Å². The lowest BCUT2D eigenvalue weighted by Crippen LogP contribution is -3.16. The minimum absolute atomic E-state index is 0.223. The second-order valence-electron chi connectivity index (χ2n) is 7.25. The summed E-state index contributed by atoms with van der Waals surface area (Å²) < 4.78 is 27.7. The van der Waals surface area contributed by atoms with E-state index in [1.807, 2.05) is 0 Å². The summed E-state index contributed by atoms with van der Waals surface area (Å²) in [6, 6.07) is 10.6. The predicted octanol–water partition coefficient (Wildman–Crippen LogP) is 2.13.